The maximum Gasteiger partial charge on any atom is 0.275 e. The van der Waals surface area contributed by atoms with E-state index in [1.165, 1.54) is 12.4 Å². The molecule has 1 aliphatic heterocycles. The highest BCUT2D eigenvalue weighted by Gasteiger charge is 2.26. The Morgan fingerprint density at radius 2 is 1.97 bits per heavy atom. The number of aromatic amines is 1. The summed E-state index contributed by atoms with van der Waals surface area (Å²) in [6.45, 7) is 0.623. The molecule has 0 amide bonds. The van der Waals surface area contributed by atoms with E-state index < -0.39 is 9.84 Å². The zero-order chi connectivity index (χ0) is 20.0. The zero-order valence-electron chi connectivity index (χ0n) is 15.1. The number of ether oxygens (including phenoxy) is 1. The molecular weight excluding hydrogens is 394 g/mol. The molecule has 0 unspecified atom stereocenters. The van der Waals surface area contributed by atoms with Crippen molar-refractivity contribution < 1.29 is 13.2 Å². The van der Waals surface area contributed by atoms with Crippen molar-refractivity contribution in [1.82, 2.24) is 25.0 Å². The van der Waals surface area contributed by atoms with E-state index in [4.69, 9.17) is 4.74 Å². The number of nitrogens with one attached hydrogen (secondary N) is 1. The third-order valence-electron chi connectivity index (χ3n) is 4.77. The summed E-state index contributed by atoms with van der Waals surface area (Å²) in [6, 6.07) is 10.1. The summed E-state index contributed by atoms with van der Waals surface area (Å²) in [5.74, 6) is 0.732. The average molecular weight is 409 g/mol. The number of aromatic nitrogens is 5. The van der Waals surface area contributed by atoms with Crippen LogP contribution in [0.25, 0.3) is 10.8 Å². The molecule has 0 radical (unpaired) electrons. The van der Waals surface area contributed by atoms with Crippen molar-refractivity contribution in [3.63, 3.8) is 0 Å². The highest BCUT2D eigenvalue weighted by Crippen LogP contribution is 2.25. The summed E-state index contributed by atoms with van der Waals surface area (Å²) in [5, 5.41) is 10.8. The predicted octanol–water partition coefficient (Wildman–Crippen LogP) is 1.33. The minimum absolute atomic E-state index is 0.0202. The highest BCUT2D eigenvalue weighted by atomic mass is 32.2. The molecule has 0 spiro atoms. The van der Waals surface area contributed by atoms with E-state index in [1.54, 1.807) is 36.4 Å². The SMILES string of the molecule is O=c1c2ccccc2c(S(=O)(=O)c2cn[nH]c2)nn1Cc1ccc2c(n1)CCO2. The lowest BCUT2D eigenvalue weighted by Gasteiger charge is -2.11. The van der Waals surface area contributed by atoms with Gasteiger partial charge in [-0.2, -0.15) is 10.2 Å². The number of benzene rings is 1. The fourth-order valence-corrected chi connectivity index (χ4v) is 4.65. The fourth-order valence-electron chi connectivity index (χ4n) is 3.35. The summed E-state index contributed by atoms with van der Waals surface area (Å²) in [6.07, 6.45) is 3.19. The van der Waals surface area contributed by atoms with Gasteiger partial charge >= 0.3 is 0 Å². The molecular formula is C19H15N5O4S. The van der Waals surface area contributed by atoms with Crippen LogP contribution in [0.3, 0.4) is 0 Å². The van der Waals surface area contributed by atoms with Crippen LogP contribution in [0, 0.1) is 0 Å². The molecule has 10 heteroatoms. The van der Waals surface area contributed by atoms with Crippen LogP contribution in [0.15, 0.2) is 63.5 Å². The number of rotatable bonds is 4. The maximum absolute atomic E-state index is 13.1. The molecule has 5 rings (SSSR count). The first kappa shape index (κ1) is 17.6. The topological polar surface area (TPSA) is 120 Å². The minimum Gasteiger partial charge on any atom is -0.491 e. The second-order valence-electron chi connectivity index (χ2n) is 6.60. The number of pyridine rings is 1. The second-order valence-corrected chi connectivity index (χ2v) is 8.46. The monoisotopic (exact) mass is 409 g/mol. The fraction of sp³-hybridized carbons (Fsp3) is 0.158. The molecule has 146 valence electrons. The van der Waals surface area contributed by atoms with Gasteiger partial charge in [0.05, 0.1) is 36.1 Å². The van der Waals surface area contributed by atoms with E-state index in [0.29, 0.717) is 18.7 Å². The van der Waals surface area contributed by atoms with Gasteiger partial charge in [0.2, 0.25) is 9.84 Å². The molecule has 0 fully saturated rings. The summed E-state index contributed by atoms with van der Waals surface area (Å²) in [4.78, 5) is 17.5. The van der Waals surface area contributed by atoms with E-state index in [1.807, 2.05) is 0 Å². The average Bonchev–Trinajstić information content (AvgIpc) is 3.42. The number of hydrogen-bond donors (Lipinski definition) is 1. The van der Waals surface area contributed by atoms with Gasteiger partial charge in [-0.05, 0) is 18.2 Å². The minimum atomic E-state index is -3.97. The Morgan fingerprint density at radius 3 is 2.76 bits per heavy atom. The number of fused-ring (bicyclic) bond motifs is 2. The summed E-state index contributed by atoms with van der Waals surface area (Å²) >= 11 is 0. The van der Waals surface area contributed by atoms with Gasteiger partial charge in [0.25, 0.3) is 5.56 Å². The first-order valence-electron chi connectivity index (χ1n) is 8.89. The lowest BCUT2D eigenvalue weighted by atomic mass is 10.2. The molecule has 0 atom stereocenters. The lowest BCUT2D eigenvalue weighted by Crippen LogP contribution is -2.26. The van der Waals surface area contributed by atoms with Crippen molar-refractivity contribution in [2.24, 2.45) is 0 Å². The van der Waals surface area contributed by atoms with Gasteiger partial charge in [-0.1, -0.05) is 18.2 Å². The van der Waals surface area contributed by atoms with Crippen LogP contribution in [0.4, 0.5) is 0 Å². The van der Waals surface area contributed by atoms with Crippen LogP contribution in [0.1, 0.15) is 11.4 Å². The van der Waals surface area contributed by atoms with E-state index in [-0.39, 0.29) is 32.8 Å². The molecule has 29 heavy (non-hydrogen) atoms. The molecule has 9 nitrogen and oxygen atoms in total. The van der Waals surface area contributed by atoms with Gasteiger partial charge in [0.1, 0.15) is 10.6 Å². The Balaban J connectivity index is 1.69. The van der Waals surface area contributed by atoms with Gasteiger partial charge in [-0.15, -0.1) is 0 Å². The van der Waals surface area contributed by atoms with E-state index in [0.717, 1.165) is 16.1 Å². The number of nitrogens with zero attached hydrogens (tertiary/aromatic N) is 4. The third kappa shape index (κ3) is 2.88. The largest absolute Gasteiger partial charge is 0.491 e. The second kappa shape index (κ2) is 6.52. The van der Waals surface area contributed by atoms with Gasteiger partial charge in [-0.25, -0.2) is 13.1 Å². The first-order chi connectivity index (χ1) is 14.0. The van der Waals surface area contributed by atoms with Crippen LogP contribution in [-0.2, 0) is 22.8 Å². The Bertz CT molecular complexity index is 1390. The van der Waals surface area contributed by atoms with Crippen molar-refractivity contribution in [3.05, 3.63) is 70.5 Å². The lowest BCUT2D eigenvalue weighted by molar-refractivity contribution is 0.356. The van der Waals surface area contributed by atoms with E-state index >= 15 is 0 Å². The normalized spacial score (nSPS) is 13.4. The Morgan fingerprint density at radius 1 is 1.14 bits per heavy atom. The number of H-pyrrole nitrogens is 1. The molecule has 1 N–H and O–H groups in total. The molecule has 0 bridgehead atoms. The van der Waals surface area contributed by atoms with Crippen LogP contribution in [0.2, 0.25) is 0 Å². The zero-order valence-corrected chi connectivity index (χ0v) is 15.9. The van der Waals surface area contributed by atoms with Crippen LogP contribution in [-0.4, -0.2) is 40.0 Å². The summed E-state index contributed by atoms with van der Waals surface area (Å²) < 4.78 is 32.8. The predicted molar refractivity (Wildman–Crippen MR) is 103 cm³/mol. The molecule has 1 aliphatic rings. The van der Waals surface area contributed by atoms with Gasteiger partial charge in [-0.3, -0.25) is 14.9 Å². The van der Waals surface area contributed by atoms with Gasteiger partial charge in [0, 0.05) is 18.0 Å². The van der Waals surface area contributed by atoms with Crippen molar-refractivity contribution in [3.8, 4) is 5.75 Å². The van der Waals surface area contributed by atoms with E-state index in [2.05, 4.69) is 20.3 Å². The molecule has 0 saturated heterocycles. The third-order valence-corrected chi connectivity index (χ3v) is 6.42. The van der Waals surface area contributed by atoms with Gasteiger partial charge < -0.3 is 4.74 Å². The van der Waals surface area contributed by atoms with Gasteiger partial charge in [0.15, 0.2) is 5.03 Å². The summed E-state index contributed by atoms with van der Waals surface area (Å²) in [5.41, 5.74) is 1.04. The molecule has 3 aromatic heterocycles. The Hall–Kier alpha value is -3.53. The number of hydrogen-bond acceptors (Lipinski definition) is 7. The highest BCUT2D eigenvalue weighted by molar-refractivity contribution is 7.91. The molecule has 0 aliphatic carbocycles. The smallest absolute Gasteiger partial charge is 0.275 e. The van der Waals surface area contributed by atoms with Crippen molar-refractivity contribution >= 4 is 20.6 Å². The number of sulfone groups is 1. The Kier molecular flexibility index (Phi) is 3.95. The quantitative estimate of drug-likeness (QED) is 0.540. The first-order valence-corrected chi connectivity index (χ1v) is 10.4. The molecule has 4 heterocycles. The molecule has 0 saturated carbocycles. The molecule has 4 aromatic rings. The van der Waals surface area contributed by atoms with Crippen LogP contribution < -0.4 is 10.3 Å². The molecule has 1 aromatic carbocycles. The van der Waals surface area contributed by atoms with Crippen molar-refractivity contribution in [2.45, 2.75) is 22.9 Å². The van der Waals surface area contributed by atoms with Crippen LogP contribution in [0.5, 0.6) is 5.75 Å². The summed E-state index contributed by atoms with van der Waals surface area (Å²) in [7, 11) is -3.97. The van der Waals surface area contributed by atoms with E-state index in [9.17, 15) is 13.2 Å². The standard InChI is InChI=1S/C19H15N5O4S/c25-19-15-4-2-1-3-14(15)18(29(26,27)13-9-20-21-10-13)23-24(19)11-12-5-6-17-16(22-12)7-8-28-17/h1-6,9-10H,7-8,11H2,(H,20,21). The van der Waals surface area contributed by atoms with Crippen molar-refractivity contribution in [1.29, 1.82) is 0 Å². The van der Waals surface area contributed by atoms with Crippen molar-refractivity contribution in [2.75, 3.05) is 6.61 Å². The van der Waals surface area contributed by atoms with Crippen LogP contribution >= 0.6 is 0 Å². The Labute approximate surface area is 164 Å². The maximum atomic E-state index is 13.1.